The normalized spacial score (nSPS) is 14.5. The number of likely N-dealkylation sites (tertiary alicyclic amines) is 1. The second-order valence-electron chi connectivity index (χ2n) is 6.29. The lowest BCUT2D eigenvalue weighted by Gasteiger charge is -2.26. The van der Waals surface area contributed by atoms with E-state index in [1.165, 1.54) is 24.3 Å². The number of phenolic OH excluding ortho intramolecular Hbond substituents is 1. The number of aromatic hydroxyl groups is 1. The molecule has 1 aliphatic heterocycles. The smallest absolute Gasteiger partial charge is 0.342 e. The molecule has 150 valence electrons. The maximum absolute atomic E-state index is 12.3. The van der Waals surface area contributed by atoms with Crippen LogP contribution in [0.15, 0.2) is 39.9 Å². The molecule has 2 aromatic rings. The Labute approximate surface area is 166 Å². The number of hydrogen-bond donors (Lipinski definition) is 2. The number of anilines is 1. The van der Waals surface area contributed by atoms with Crippen LogP contribution in [-0.4, -0.2) is 50.0 Å². The lowest BCUT2D eigenvalue weighted by atomic mass is 10.1. The third kappa shape index (κ3) is 4.82. The molecule has 1 aromatic heterocycles. The average Bonchev–Trinajstić information content (AvgIpc) is 3.24. The number of amides is 1. The molecule has 28 heavy (non-hydrogen) atoms. The second-order valence-corrected chi connectivity index (χ2v) is 9.14. The van der Waals surface area contributed by atoms with Crippen LogP contribution in [0.2, 0.25) is 0 Å². The Morgan fingerprint density at radius 2 is 1.93 bits per heavy atom. The highest BCUT2D eigenvalue weighted by Gasteiger charge is 2.21. The van der Waals surface area contributed by atoms with E-state index in [4.69, 9.17) is 4.74 Å². The number of ether oxygens (including phenoxy) is 1. The molecule has 0 saturated carbocycles. The molecule has 0 spiro atoms. The number of thiophene rings is 1. The number of esters is 1. The van der Waals surface area contributed by atoms with E-state index in [9.17, 15) is 23.1 Å². The Balaban J connectivity index is 1.67. The van der Waals surface area contributed by atoms with E-state index in [2.05, 4.69) is 4.72 Å². The number of carbonyl (C=O) groups excluding carboxylic acids is 2. The van der Waals surface area contributed by atoms with Gasteiger partial charge >= 0.3 is 5.97 Å². The van der Waals surface area contributed by atoms with Gasteiger partial charge in [0.25, 0.3) is 15.9 Å². The van der Waals surface area contributed by atoms with Gasteiger partial charge in [-0.15, -0.1) is 11.3 Å². The molecular weight excluding hydrogens is 404 g/mol. The summed E-state index contributed by atoms with van der Waals surface area (Å²) < 4.78 is 32.1. The van der Waals surface area contributed by atoms with Crippen molar-refractivity contribution in [2.24, 2.45) is 0 Å². The van der Waals surface area contributed by atoms with E-state index in [0.717, 1.165) is 30.6 Å². The van der Waals surface area contributed by atoms with E-state index in [1.807, 2.05) is 0 Å². The number of benzene rings is 1. The molecule has 0 aliphatic carbocycles. The molecule has 8 nitrogen and oxygen atoms in total. The molecule has 0 radical (unpaired) electrons. The quantitative estimate of drug-likeness (QED) is 0.544. The van der Waals surface area contributed by atoms with Crippen molar-refractivity contribution in [2.45, 2.75) is 23.5 Å². The van der Waals surface area contributed by atoms with Gasteiger partial charge in [0, 0.05) is 18.8 Å². The summed E-state index contributed by atoms with van der Waals surface area (Å²) in [6, 6.07) is 6.76. The fourth-order valence-corrected chi connectivity index (χ4v) is 4.87. The largest absolute Gasteiger partial charge is 0.507 e. The van der Waals surface area contributed by atoms with Gasteiger partial charge in [0.05, 0.1) is 0 Å². The van der Waals surface area contributed by atoms with Crippen molar-refractivity contribution in [3.8, 4) is 5.75 Å². The van der Waals surface area contributed by atoms with Crippen LogP contribution < -0.4 is 4.72 Å². The van der Waals surface area contributed by atoms with Gasteiger partial charge in [-0.25, -0.2) is 13.2 Å². The van der Waals surface area contributed by atoms with Gasteiger partial charge < -0.3 is 14.7 Å². The van der Waals surface area contributed by atoms with E-state index in [-0.39, 0.29) is 27.1 Å². The minimum Gasteiger partial charge on any atom is -0.507 e. The number of piperidine rings is 1. The Morgan fingerprint density at radius 3 is 2.61 bits per heavy atom. The van der Waals surface area contributed by atoms with Gasteiger partial charge in [-0.2, -0.15) is 0 Å². The maximum Gasteiger partial charge on any atom is 0.342 e. The zero-order valence-electron chi connectivity index (χ0n) is 15.0. The first-order chi connectivity index (χ1) is 13.4. The summed E-state index contributed by atoms with van der Waals surface area (Å²) >= 11 is 1.05. The summed E-state index contributed by atoms with van der Waals surface area (Å²) in [7, 11) is -3.79. The Kier molecular flexibility index (Phi) is 6.20. The van der Waals surface area contributed by atoms with Crippen molar-refractivity contribution in [1.82, 2.24) is 4.90 Å². The molecule has 0 unspecified atom stereocenters. The minimum atomic E-state index is -3.79. The van der Waals surface area contributed by atoms with Gasteiger partial charge in [0.15, 0.2) is 6.61 Å². The molecule has 0 atom stereocenters. The monoisotopic (exact) mass is 424 g/mol. The molecule has 3 rings (SSSR count). The van der Waals surface area contributed by atoms with Gasteiger partial charge in [0.1, 0.15) is 15.5 Å². The van der Waals surface area contributed by atoms with Gasteiger partial charge in [-0.3, -0.25) is 9.52 Å². The van der Waals surface area contributed by atoms with Crippen molar-refractivity contribution in [2.75, 3.05) is 24.4 Å². The summed E-state index contributed by atoms with van der Waals surface area (Å²) in [6.07, 6.45) is 2.92. The molecule has 1 saturated heterocycles. The highest BCUT2D eigenvalue weighted by atomic mass is 32.2. The number of nitrogens with one attached hydrogen (secondary N) is 1. The summed E-state index contributed by atoms with van der Waals surface area (Å²) in [5, 5.41) is 11.6. The molecule has 2 heterocycles. The molecular formula is C18H20N2O6S2. The highest BCUT2D eigenvalue weighted by molar-refractivity contribution is 7.94. The minimum absolute atomic E-state index is 0.0977. The molecule has 10 heteroatoms. The first kappa shape index (κ1) is 20.2. The summed E-state index contributed by atoms with van der Waals surface area (Å²) in [6.45, 7) is 0.854. The van der Waals surface area contributed by atoms with Crippen LogP contribution in [-0.2, 0) is 19.6 Å². The average molecular weight is 425 g/mol. The molecule has 1 amide bonds. The van der Waals surface area contributed by atoms with Crippen molar-refractivity contribution in [3.05, 3.63) is 41.3 Å². The Morgan fingerprint density at radius 1 is 1.18 bits per heavy atom. The number of phenols is 1. The number of rotatable bonds is 6. The van der Waals surface area contributed by atoms with Gasteiger partial charge in [-0.05, 0) is 48.9 Å². The lowest BCUT2D eigenvalue weighted by molar-refractivity contribution is -0.135. The predicted molar refractivity (Wildman–Crippen MR) is 104 cm³/mol. The predicted octanol–water partition coefficient (Wildman–Crippen LogP) is 2.42. The van der Waals surface area contributed by atoms with Crippen LogP contribution in [0.1, 0.15) is 29.6 Å². The third-order valence-electron chi connectivity index (χ3n) is 4.26. The lowest BCUT2D eigenvalue weighted by Crippen LogP contribution is -2.38. The molecule has 2 N–H and O–H groups in total. The Bertz CT molecular complexity index is 950. The first-order valence-electron chi connectivity index (χ1n) is 8.71. The fraction of sp³-hybridized carbons (Fsp3) is 0.333. The van der Waals surface area contributed by atoms with Crippen LogP contribution in [0, 0.1) is 0 Å². The molecule has 1 fully saturated rings. The molecule has 1 aliphatic rings. The van der Waals surface area contributed by atoms with E-state index in [1.54, 1.807) is 16.3 Å². The van der Waals surface area contributed by atoms with Crippen LogP contribution >= 0.6 is 11.3 Å². The Hall–Kier alpha value is -2.59. The van der Waals surface area contributed by atoms with E-state index >= 15 is 0 Å². The number of carbonyl (C=O) groups is 2. The van der Waals surface area contributed by atoms with Crippen LogP contribution in [0.4, 0.5) is 5.69 Å². The number of nitrogens with zero attached hydrogens (tertiary/aromatic N) is 1. The standard InChI is InChI=1S/C18H20N2O6S2/c21-15-7-6-13(19-28(24,25)17-5-4-10-27-17)11-14(15)18(23)26-12-16(22)20-8-2-1-3-9-20/h4-7,10-11,19,21H,1-3,8-9,12H2. The third-order valence-corrected chi connectivity index (χ3v) is 7.04. The summed E-state index contributed by atoms with van der Waals surface area (Å²) in [5.41, 5.74) is -0.127. The summed E-state index contributed by atoms with van der Waals surface area (Å²) in [5.74, 6) is -1.56. The van der Waals surface area contributed by atoms with Crippen molar-refractivity contribution < 1.29 is 27.9 Å². The number of hydrogen-bond acceptors (Lipinski definition) is 7. The van der Waals surface area contributed by atoms with Crippen LogP contribution in [0.3, 0.4) is 0 Å². The number of sulfonamides is 1. The SMILES string of the molecule is O=C(OCC(=O)N1CCCCC1)c1cc(NS(=O)(=O)c2cccs2)ccc1O. The van der Waals surface area contributed by atoms with Gasteiger partial charge in [0.2, 0.25) is 0 Å². The molecule has 0 bridgehead atoms. The topological polar surface area (TPSA) is 113 Å². The van der Waals surface area contributed by atoms with Crippen molar-refractivity contribution in [1.29, 1.82) is 0 Å². The zero-order chi connectivity index (χ0) is 20.1. The highest BCUT2D eigenvalue weighted by Crippen LogP contribution is 2.25. The van der Waals surface area contributed by atoms with E-state index in [0.29, 0.717) is 13.1 Å². The fourth-order valence-electron chi connectivity index (χ4n) is 2.82. The van der Waals surface area contributed by atoms with Crippen LogP contribution in [0.25, 0.3) is 0 Å². The molecule has 1 aromatic carbocycles. The van der Waals surface area contributed by atoms with Crippen LogP contribution in [0.5, 0.6) is 5.75 Å². The second kappa shape index (κ2) is 8.61. The van der Waals surface area contributed by atoms with Gasteiger partial charge in [-0.1, -0.05) is 6.07 Å². The van der Waals surface area contributed by atoms with Crippen molar-refractivity contribution in [3.63, 3.8) is 0 Å². The maximum atomic E-state index is 12.3. The van der Waals surface area contributed by atoms with E-state index < -0.39 is 22.6 Å². The zero-order valence-corrected chi connectivity index (χ0v) is 16.6. The first-order valence-corrected chi connectivity index (χ1v) is 11.1. The van der Waals surface area contributed by atoms with Crippen molar-refractivity contribution >= 4 is 38.9 Å². The summed E-state index contributed by atoms with van der Waals surface area (Å²) in [4.78, 5) is 26.0.